The molecule has 2 aromatic rings. The predicted octanol–water partition coefficient (Wildman–Crippen LogP) is 2.21. The van der Waals surface area contributed by atoms with Gasteiger partial charge in [-0.15, -0.1) is 0 Å². The van der Waals surface area contributed by atoms with Crippen molar-refractivity contribution in [2.24, 2.45) is 5.16 Å². The van der Waals surface area contributed by atoms with E-state index in [9.17, 15) is 4.79 Å². The predicted molar refractivity (Wildman–Crippen MR) is 80.1 cm³/mol. The summed E-state index contributed by atoms with van der Waals surface area (Å²) in [5, 5.41) is 6.85. The fourth-order valence-electron chi connectivity index (χ4n) is 2.19. The molecule has 1 atom stereocenters. The number of carbonyl (C=O) groups excluding carboxylic acids is 1. The fraction of sp³-hybridized carbons (Fsp3) is 0.250. The lowest BCUT2D eigenvalue weighted by Crippen LogP contribution is -2.32. The normalized spacial score (nSPS) is 16.8. The number of amides is 1. The minimum absolute atomic E-state index is 0.170. The van der Waals surface area contributed by atoms with Crippen molar-refractivity contribution in [2.75, 3.05) is 13.7 Å². The minimum atomic E-state index is -0.258. The molecule has 1 unspecified atom stereocenters. The number of hydrogen-bond acceptors (Lipinski definition) is 5. The highest BCUT2D eigenvalue weighted by molar-refractivity contribution is 6.01. The molecule has 1 aromatic carbocycles. The standard InChI is InChI=1S/C16H16N2O4/c1-20-12-6-4-11(5-7-12)14-9-13(22-18-14)10-17-16(19)15-3-2-8-21-15/h2-8,13H,9-10H2,1H3,(H,17,19). The van der Waals surface area contributed by atoms with Crippen LogP contribution in [-0.2, 0) is 4.84 Å². The summed E-state index contributed by atoms with van der Waals surface area (Å²) in [5.74, 6) is 0.825. The molecule has 0 fully saturated rings. The zero-order chi connectivity index (χ0) is 15.4. The molecule has 0 saturated heterocycles. The zero-order valence-electron chi connectivity index (χ0n) is 12.1. The van der Waals surface area contributed by atoms with Crippen LogP contribution in [0.1, 0.15) is 22.5 Å². The second kappa shape index (κ2) is 6.34. The lowest BCUT2D eigenvalue weighted by Gasteiger charge is -2.08. The van der Waals surface area contributed by atoms with Crippen LogP contribution in [0.2, 0.25) is 0 Å². The summed E-state index contributed by atoms with van der Waals surface area (Å²) in [6.45, 7) is 0.378. The van der Waals surface area contributed by atoms with Crippen molar-refractivity contribution in [2.45, 2.75) is 12.5 Å². The Morgan fingerprint density at radius 1 is 1.36 bits per heavy atom. The van der Waals surface area contributed by atoms with Crippen LogP contribution in [0, 0.1) is 0 Å². The highest BCUT2D eigenvalue weighted by atomic mass is 16.6. The fourth-order valence-corrected chi connectivity index (χ4v) is 2.19. The van der Waals surface area contributed by atoms with Crippen molar-refractivity contribution < 1.29 is 18.8 Å². The van der Waals surface area contributed by atoms with E-state index >= 15 is 0 Å². The van der Waals surface area contributed by atoms with Gasteiger partial charge in [0.15, 0.2) is 5.76 Å². The Kier molecular flexibility index (Phi) is 4.09. The van der Waals surface area contributed by atoms with E-state index in [4.69, 9.17) is 14.0 Å². The number of hydrogen-bond donors (Lipinski definition) is 1. The largest absolute Gasteiger partial charge is 0.497 e. The topological polar surface area (TPSA) is 73.1 Å². The maximum Gasteiger partial charge on any atom is 0.287 e. The Balaban J connectivity index is 1.52. The van der Waals surface area contributed by atoms with Gasteiger partial charge in [0, 0.05) is 6.42 Å². The minimum Gasteiger partial charge on any atom is -0.497 e. The number of carbonyl (C=O) groups is 1. The van der Waals surface area contributed by atoms with Crippen molar-refractivity contribution >= 4 is 11.6 Å². The van der Waals surface area contributed by atoms with Gasteiger partial charge in [0.25, 0.3) is 5.91 Å². The Morgan fingerprint density at radius 2 is 2.18 bits per heavy atom. The van der Waals surface area contributed by atoms with Crippen LogP contribution in [0.3, 0.4) is 0 Å². The number of benzene rings is 1. The molecule has 1 aromatic heterocycles. The molecule has 0 spiro atoms. The van der Waals surface area contributed by atoms with Crippen molar-refractivity contribution in [1.29, 1.82) is 0 Å². The third kappa shape index (κ3) is 3.11. The van der Waals surface area contributed by atoms with E-state index in [-0.39, 0.29) is 17.8 Å². The van der Waals surface area contributed by atoms with E-state index in [1.54, 1.807) is 19.2 Å². The molecule has 3 rings (SSSR count). The Labute approximate surface area is 127 Å². The van der Waals surface area contributed by atoms with Crippen LogP contribution in [0.25, 0.3) is 0 Å². The number of ether oxygens (including phenoxy) is 1. The van der Waals surface area contributed by atoms with Gasteiger partial charge in [0.05, 0.1) is 25.6 Å². The highest BCUT2D eigenvalue weighted by Crippen LogP contribution is 2.19. The van der Waals surface area contributed by atoms with E-state index in [2.05, 4.69) is 10.5 Å². The van der Waals surface area contributed by atoms with Crippen molar-refractivity contribution in [3.8, 4) is 5.75 Å². The summed E-state index contributed by atoms with van der Waals surface area (Å²) in [5.41, 5.74) is 1.85. The third-order valence-electron chi connectivity index (χ3n) is 3.39. The molecule has 1 aliphatic rings. The molecule has 1 N–H and O–H groups in total. The second-order valence-corrected chi connectivity index (χ2v) is 4.89. The maximum absolute atomic E-state index is 11.8. The molecule has 1 amide bonds. The number of methoxy groups -OCH3 is 1. The summed E-state index contributed by atoms with van der Waals surface area (Å²) in [7, 11) is 1.63. The first-order valence-electron chi connectivity index (χ1n) is 6.95. The molecule has 1 aliphatic heterocycles. The molecule has 6 heteroatoms. The number of furan rings is 1. The average Bonchev–Trinajstić information content (AvgIpc) is 3.24. The van der Waals surface area contributed by atoms with E-state index < -0.39 is 0 Å². The average molecular weight is 300 g/mol. The monoisotopic (exact) mass is 300 g/mol. The molecular formula is C16H16N2O4. The van der Waals surface area contributed by atoms with Gasteiger partial charge in [-0.05, 0) is 42.0 Å². The van der Waals surface area contributed by atoms with Crippen molar-refractivity contribution in [1.82, 2.24) is 5.32 Å². The quantitative estimate of drug-likeness (QED) is 0.919. The molecule has 114 valence electrons. The lowest BCUT2D eigenvalue weighted by atomic mass is 10.0. The molecular weight excluding hydrogens is 284 g/mol. The molecule has 6 nitrogen and oxygen atoms in total. The molecule has 22 heavy (non-hydrogen) atoms. The van der Waals surface area contributed by atoms with Gasteiger partial charge < -0.3 is 19.3 Å². The Hall–Kier alpha value is -2.76. The van der Waals surface area contributed by atoms with Gasteiger partial charge in [0.1, 0.15) is 11.9 Å². The number of nitrogens with zero attached hydrogens (tertiary/aromatic N) is 1. The Morgan fingerprint density at radius 3 is 2.86 bits per heavy atom. The SMILES string of the molecule is COc1ccc(C2=NOC(CNC(=O)c3ccco3)C2)cc1. The summed E-state index contributed by atoms with van der Waals surface area (Å²) in [4.78, 5) is 17.1. The van der Waals surface area contributed by atoms with Gasteiger partial charge in [-0.2, -0.15) is 0 Å². The van der Waals surface area contributed by atoms with Gasteiger partial charge in [-0.25, -0.2) is 0 Å². The van der Waals surface area contributed by atoms with E-state index in [1.807, 2.05) is 24.3 Å². The maximum atomic E-state index is 11.8. The number of rotatable bonds is 5. The van der Waals surface area contributed by atoms with Gasteiger partial charge in [-0.3, -0.25) is 4.79 Å². The van der Waals surface area contributed by atoms with Crippen LogP contribution >= 0.6 is 0 Å². The van der Waals surface area contributed by atoms with E-state index in [0.717, 1.165) is 17.0 Å². The number of oxime groups is 1. The first-order chi connectivity index (χ1) is 10.8. The van der Waals surface area contributed by atoms with Crippen LogP contribution in [-0.4, -0.2) is 31.4 Å². The second-order valence-electron chi connectivity index (χ2n) is 4.89. The van der Waals surface area contributed by atoms with Crippen LogP contribution in [0.4, 0.5) is 0 Å². The number of nitrogens with one attached hydrogen (secondary N) is 1. The summed E-state index contributed by atoms with van der Waals surface area (Å²) < 4.78 is 10.2. The van der Waals surface area contributed by atoms with Crippen molar-refractivity contribution in [3.63, 3.8) is 0 Å². The zero-order valence-corrected chi connectivity index (χ0v) is 12.1. The van der Waals surface area contributed by atoms with E-state index in [0.29, 0.717) is 13.0 Å². The van der Waals surface area contributed by atoms with Gasteiger partial charge in [0.2, 0.25) is 0 Å². The molecule has 0 radical (unpaired) electrons. The molecule has 2 heterocycles. The van der Waals surface area contributed by atoms with Gasteiger partial charge in [-0.1, -0.05) is 5.16 Å². The van der Waals surface area contributed by atoms with Crippen molar-refractivity contribution in [3.05, 3.63) is 54.0 Å². The summed E-state index contributed by atoms with van der Waals surface area (Å²) in [6, 6.07) is 10.9. The van der Waals surface area contributed by atoms with Gasteiger partial charge >= 0.3 is 0 Å². The third-order valence-corrected chi connectivity index (χ3v) is 3.39. The van der Waals surface area contributed by atoms with Crippen LogP contribution in [0.15, 0.2) is 52.2 Å². The smallest absolute Gasteiger partial charge is 0.287 e. The van der Waals surface area contributed by atoms with Crippen LogP contribution < -0.4 is 10.1 Å². The molecule has 0 saturated carbocycles. The molecule has 0 aliphatic carbocycles. The first kappa shape index (κ1) is 14.2. The first-order valence-corrected chi connectivity index (χ1v) is 6.95. The lowest BCUT2D eigenvalue weighted by molar-refractivity contribution is 0.0740. The van der Waals surface area contributed by atoms with E-state index in [1.165, 1.54) is 6.26 Å². The molecule has 0 bridgehead atoms. The van der Waals surface area contributed by atoms with Crippen LogP contribution in [0.5, 0.6) is 5.75 Å². The summed E-state index contributed by atoms with van der Waals surface area (Å²) in [6.07, 6.45) is 1.94. The summed E-state index contributed by atoms with van der Waals surface area (Å²) >= 11 is 0. The Bertz CT molecular complexity index is 662. The highest BCUT2D eigenvalue weighted by Gasteiger charge is 2.23.